The van der Waals surface area contributed by atoms with Gasteiger partial charge in [0.25, 0.3) is 0 Å². The average molecular weight is 243 g/mol. The molecule has 0 aromatic heterocycles. The number of hydrogen-bond acceptors (Lipinski definition) is 4. The molecule has 0 radical (unpaired) electrons. The fraction of sp³-hybridized carbons (Fsp3) is 0.308. The third-order valence-electron chi connectivity index (χ3n) is 2.48. The molecule has 1 rings (SSSR count). The second kappa shape index (κ2) is 6.27. The van der Waals surface area contributed by atoms with Crippen molar-refractivity contribution in [3.05, 3.63) is 29.3 Å². The molecule has 0 heterocycles. The largest absolute Gasteiger partial charge is 0.480 e. The fourth-order valence-corrected chi connectivity index (χ4v) is 1.57. The first kappa shape index (κ1) is 13.5. The number of nitrogens with one attached hydrogen (secondary N) is 1. The third kappa shape index (κ3) is 3.23. The lowest BCUT2D eigenvalue weighted by molar-refractivity contribution is -0.138. The molecular formula is C13H13N3O2. The van der Waals surface area contributed by atoms with Crippen LogP contribution in [0.3, 0.4) is 0 Å². The molecule has 0 saturated heterocycles. The monoisotopic (exact) mass is 243 g/mol. The van der Waals surface area contributed by atoms with E-state index in [1.165, 1.54) is 12.1 Å². The lowest BCUT2D eigenvalue weighted by Crippen LogP contribution is -2.28. The number of benzene rings is 1. The summed E-state index contributed by atoms with van der Waals surface area (Å²) in [4.78, 5) is 11.0. The van der Waals surface area contributed by atoms with Crippen LogP contribution < -0.4 is 5.32 Å². The summed E-state index contributed by atoms with van der Waals surface area (Å²) in [5, 5.41) is 29.5. The van der Waals surface area contributed by atoms with Crippen LogP contribution in [0.5, 0.6) is 0 Å². The van der Waals surface area contributed by atoms with Crippen LogP contribution in [0.1, 0.15) is 30.9 Å². The highest BCUT2D eigenvalue weighted by Crippen LogP contribution is 2.16. The van der Waals surface area contributed by atoms with Gasteiger partial charge in [0.05, 0.1) is 11.1 Å². The van der Waals surface area contributed by atoms with E-state index < -0.39 is 12.0 Å². The molecule has 0 aliphatic heterocycles. The van der Waals surface area contributed by atoms with Gasteiger partial charge < -0.3 is 10.4 Å². The molecule has 5 heteroatoms. The maximum atomic E-state index is 11.0. The first-order valence-corrected chi connectivity index (χ1v) is 5.56. The second-order valence-corrected chi connectivity index (χ2v) is 3.81. The van der Waals surface area contributed by atoms with Gasteiger partial charge in [-0.05, 0) is 24.6 Å². The molecule has 0 bridgehead atoms. The van der Waals surface area contributed by atoms with E-state index in [0.717, 1.165) is 6.42 Å². The molecule has 92 valence electrons. The summed E-state index contributed by atoms with van der Waals surface area (Å²) in [5.74, 6) is -0.931. The van der Waals surface area contributed by atoms with Gasteiger partial charge in [-0.1, -0.05) is 13.3 Å². The Balaban J connectivity index is 2.95. The van der Waals surface area contributed by atoms with Crippen LogP contribution in [-0.2, 0) is 4.79 Å². The topological polar surface area (TPSA) is 96.9 Å². The molecule has 0 fully saturated rings. The van der Waals surface area contributed by atoms with E-state index in [2.05, 4.69) is 5.32 Å². The van der Waals surface area contributed by atoms with Gasteiger partial charge in [0.15, 0.2) is 0 Å². The molecule has 18 heavy (non-hydrogen) atoms. The Kier molecular flexibility index (Phi) is 4.71. The Hall–Kier alpha value is -2.53. The van der Waals surface area contributed by atoms with Crippen molar-refractivity contribution < 1.29 is 9.90 Å². The standard InChI is InChI=1S/C13H13N3O2/c1-2-3-12(13(17)18)16-11-5-4-9(7-14)10(6-11)8-15/h4-6,12,16H,2-3H2,1H3,(H,17,18). The molecule has 0 spiro atoms. The van der Waals surface area contributed by atoms with E-state index in [1.807, 2.05) is 19.1 Å². The van der Waals surface area contributed by atoms with Crippen molar-refractivity contribution in [2.75, 3.05) is 5.32 Å². The quantitative estimate of drug-likeness (QED) is 0.825. The summed E-state index contributed by atoms with van der Waals surface area (Å²) < 4.78 is 0. The van der Waals surface area contributed by atoms with Crippen LogP contribution in [0.2, 0.25) is 0 Å². The van der Waals surface area contributed by atoms with Crippen LogP contribution in [0.4, 0.5) is 5.69 Å². The molecule has 1 aromatic rings. The Morgan fingerprint density at radius 1 is 1.39 bits per heavy atom. The minimum atomic E-state index is -0.931. The number of nitrogens with zero attached hydrogens (tertiary/aromatic N) is 2. The van der Waals surface area contributed by atoms with E-state index in [4.69, 9.17) is 15.6 Å². The predicted molar refractivity (Wildman–Crippen MR) is 65.8 cm³/mol. The van der Waals surface area contributed by atoms with Crippen LogP contribution in [0.15, 0.2) is 18.2 Å². The molecular weight excluding hydrogens is 230 g/mol. The van der Waals surface area contributed by atoms with E-state index in [0.29, 0.717) is 12.1 Å². The fourth-order valence-electron chi connectivity index (χ4n) is 1.57. The molecule has 0 saturated carbocycles. The molecule has 0 aliphatic rings. The van der Waals surface area contributed by atoms with Crippen molar-refractivity contribution in [2.24, 2.45) is 0 Å². The number of anilines is 1. The van der Waals surface area contributed by atoms with E-state index >= 15 is 0 Å². The second-order valence-electron chi connectivity index (χ2n) is 3.81. The highest BCUT2D eigenvalue weighted by molar-refractivity contribution is 5.77. The molecule has 0 amide bonds. The number of hydrogen-bond donors (Lipinski definition) is 2. The molecule has 5 nitrogen and oxygen atoms in total. The van der Waals surface area contributed by atoms with Crippen molar-refractivity contribution in [1.29, 1.82) is 10.5 Å². The third-order valence-corrected chi connectivity index (χ3v) is 2.48. The highest BCUT2D eigenvalue weighted by atomic mass is 16.4. The van der Waals surface area contributed by atoms with Gasteiger partial charge in [0.1, 0.15) is 18.2 Å². The molecule has 1 unspecified atom stereocenters. The smallest absolute Gasteiger partial charge is 0.326 e. The van der Waals surface area contributed by atoms with E-state index in [-0.39, 0.29) is 11.1 Å². The van der Waals surface area contributed by atoms with E-state index in [1.54, 1.807) is 6.07 Å². The minimum Gasteiger partial charge on any atom is -0.480 e. The zero-order valence-corrected chi connectivity index (χ0v) is 9.97. The molecule has 1 aromatic carbocycles. The van der Waals surface area contributed by atoms with Crippen LogP contribution in [0.25, 0.3) is 0 Å². The van der Waals surface area contributed by atoms with Crippen molar-refractivity contribution in [3.8, 4) is 12.1 Å². The molecule has 0 aliphatic carbocycles. The first-order chi connectivity index (χ1) is 8.62. The summed E-state index contributed by atoms with van der Waals surface area (Å²) in [6, 6.07) is 7.73. The van der Waals surface area contributed by atoms with Crippen LogP contribution in [-0.4, -0.2) is 17.1 Å². The summed E-state index contributed by atoms with van der Waals surface area (Å²) in [5.41, 5.74) is 1.06. The van der Waals surface area contributed by atoms with E-state index in [9.17, 15) is 4.79 Å². The average Bonchev–Trinajstić information content (AvgIpc) is 2.37. The van der Waals surface area contributed by atoms with Gasteiger partial charge in [0.2, 0.25) is 0 Å². The zero-order chi connectivity index (χ0) is 13.5. The maximum absolute atomic E-state index is 11.0. The number of nitriles is 2. The van der Waals surface area contributed by atoms with Gasteiger partial charge >= 0.3 is 5.97 Å². The lowest BCUT2D eigenvalue weighted by atomic mass is 10.1. The summed E-state index contributed by atoms with van der Waals surface area (Å²) in [7, 11) is 0. The van der Waals surface area contributed by atoms with Crippen molar-refractivity contribution in [3.63, 3.8) is 0 Å². The summed E-state index contributed by atoms with van der Waals surface area (Å²) in [6.45, 7) is 1.90. The highest BCUT2D eigenvalue weighted by Gasteiger charge is 2.16. The van der Waals surface area contributed by atoms with Crippen molar-refractivity contribution in [2.45, 2.75) is 25.8 Å². The number of aliphatic carboxylic acids is 1. The number of carbonyl (C=O) groups is 1. The Bertz CT molecular complexity index is 526. The van der Waals surface area contributed by atoms with Gasteiger partial charge in [-0.2, -0.15) is 10.5 Å². The Morgan fingerprint density at radius 3 is 2.56 bits per heavy atom. The summed E-state index contributed by atoms with van der Waals surface area (Å²) >= 11 is 0. The van der Waals surface area contributed by atoms with Gasteiger partial charge in [-0.25, -0.2) is 4.79 Å². The number of rotatable bonds is 5. The Labute approximate surface area is 105 Å². The van der Waals surface area contributed by atoms with Gasteiger partial charge in [-0.3, -0.25) is 0 Å². The molecule has 1 atom stereocenters. The normalized spacial score (nSPS) is 11.1. The van der Waals surface area contributed by atoms with Crippen LogP contribution >= 0.6 is 0 Å². The van der Waals surface area contributed by atoms with Crippen molar-refractivity contribution in [1.82, 2.24) is 0 Å². The van der Waals surface area contributed by atoms with Gasteiger partial charge in [0, 0.05) is 5.69 Å². The van der Waals surface area contributed by atoms with Crippen LogP contribution in [0, 0.1) is 22.7 Å². The summed E-state index contributed by atoms with van der Waals surface area (Å²) in [6.07, 6.45) is 1.24. The van der Waals surface area contributed by atoms with Gasteiger partial charge in [-0.15, -0.1) is 0 Å². The SMILES string of the molecule is CCCC(Nc1ccc(C#N)c(C#N)c1)C(=O)O. The first-order valence-electron chi connectivity index (χ1n) is 5.56. The molecule has 2 N–H and O–H groups in total. The minimum absolute atomic E-state index is 0.239. The van der Waals surface area contributed by atoms with Crippen molar-refractivity contribution >= 4 is 11.7 Å². The lowest BCUT2D eigenvalue weighted by Gasteiger charge is -2.15. The number of carboxylic acid groups (broad SMARTS) is 1. The Morgan fingerprint density at radius 2 is 2.06 bits per heavy atom. The maximum Gasteiger partial charge on any atom is 0.326 e. The predicted octanol–water partition coefficient (Wildman–Crippen LogP) is 2.10. The zero-order valence-electron chi connectivity index (χ0n) is 9.97. The number of carboxylic acids is 1.